The Labute approximate surface area is 153 Å². The van der Waals surface area contributed by atoms with E-state index in [0.29, 0.717) is 27.7 Å². The molecule has 0 aliphatic carbocycles. The Balaban J connectivity index is 0.00000151. The minimum atomic E-state index is -0.455. The minimum absolute atomic E-state index is 0.0301. The topological polar surface area (TPSA) is 52.1 Å². The number of ether oxygens (including phenoxy) is 1. The first-order chi connectivity index (χ1) is 12.0. The molecular weight excluding hydrogens is 339 g/mol. The molecule has 2 rings (SSSR count). The molecule has 2 aromatic rings. The first-order valence-electron chi connectivity index (χ1n) is 8.36. The Morgan fingerprint density at radius 2 is 1.80 bits per heavy atom. The van der Waals surface area contributed by atoms with E-state index in [1.807, 2.05) is 34.0 Å². The summed E-state index contributed by atoms with van der Waals surface area (Å²) in [6.45, 7) is 9.94. The Hall–Kier alpha value is -1.95. The van der Waals surface area contributed by atoms with Gasteiger partial charge in [0.05, 0.1) is 18.0 Å². The fraction of sp³-hybridized carbons (Fsp3) is 0.421. The minimum Gasteiger partial charge on any atom is -0.462 e. The van der Waals surface area contributed by atoms with Crippen molar-refractivity contribution in [3.8, 4) is 11.3 Å². The Kier molecular flexibility index (Phi) is 8.55. The van der Waals surface area contributed by atoms with Gasteiger partial charge in [-0.05, 0) is 43.4 Å². The summed E-state index contributed by atoms with van der Waals surface area (Å²) < 4.78 is 18.4. The predicted octanol–water partition coefficient (Wildman–Crippen LogP) is 5.33. The van der Waals surface area contributed by atoms with E-state index in [9.17, 15) is 9.18 Å². The van der Waals surface area contributed by atoms with Gasteiger partial charge in [-0.1, -0.05) is 39.5 Å². The quantitative estimate of drug-likeness (QED) is 0.408. The van der Waals surface area contributed by atoms with Crippen molar-refractivity contribution in [1.82, 2.24) is 9.97 Å². The maximum atomic E-state index is 13.2. The Morgan fingerprint density at radius 3 is 2.28 bits per heavy atom. The lowest BCUT2D eigenvalue weighted by atomic mass is 9.98. The second kappa shape index (κ2) is 10.1. The lowest BCUT2D eigenvalue weighted by molar-refractivity contribution is 0.0524. The third kappa shape index (κ3) is 5.26. The van der Waals surface area contributed by atoms with E-state index in [2.05, 4.69) is 9.97 Å². The van der Waals surface area contributed by atoms with Gasteiger partial charge < -0.3 is 4.74 Å². The molecule has 1 aromatic heterocycles. The molecule has 0 bridgehead atoms. The van der Waals surface area contributed by atoms with Crippen LogP contribution < -0.4 is 0 Å². The fourth-order valence-electron chi connectivity index (χ4n) is 2.19. The van der Waals surface area contributed by atoms with Gasteiger partial charge in [-0.2, -0.15) is 0 Å². The molecular formula is C19H25FN2O2S. The van der Waals surface area contributed by atoms with E-state index in [1.165, 1.54) is 23.9 Å². The number of hydrogen-bond acceptors (Lipinski definition) is 5. The van der Waals surface area contributed by atoms with Crippen LogP contribution in [0.4, 0.5) is 4.39 Å². The highest BCUT2D eigenvalue weighted by Gasteiger charge is 2.24. The van der Waals surface area contributed by atoms with Crippen LogP contribution in [0.5, 0.6) is 0 Å². The highest BCUT2D eigenvalue weighted by Crippen LogP contribution is 2.30. The number of halogens is 1. The molecule has 136 valence electrons. The Morgan fingerprint density at radius 1 is 1.20 bits per heavy atom. The van der Waals surface area contributed by atoms with Crippen molar-refractivity contribution < 1.29 is 13.9 Å². The van der Waals surface area contributed by atoms with Gasteiger partial charge in [0, 0.05) is 5.56 Å². The Bertz CT molecular complexity index is 703. The van der Waals surface area contributed by atoms with Gasteiger partial charge in [-0.25, -0.2) is 19.2 Å². The van der Waals surface area contributed by atoms with E-state index < -0.39 is 5.97 Å². The number of esters is 1. The summed E-state index contributed by atoms with van der Waals surface area (Å²) in [5.41, 5.74) is 2.13. The summed E-state index contributed by atoms with van der Waals surface area (Å²) >= 11 is 1.40. The molecule has 0 amide bonds. The van der Waals surface area contributed by atoms with Gasteiger partial charge in [-0.3, -0.25) is 0 Å². The normalized spacial score (nSPS) is 10.2. The molecule has 0 atom stereocenters. The highest BCUT2D eigenvalue weighted by atomic mass is 32.2. The standard InChI is InChI=1S/C17H19FN2O2S.C2H6/c1-5-22-16(21)13-14(10(2)3)19-17(23-4)20-15(13)11-6-8-12(18)9-7-11;1-2/h6-10H,5H2,1-4H3;1-2H3. The molecule has 0 radical (unpaired) electrons. The van der Waals surface area contributed by atoms with E-state index in [1.54, 1.807) is 19.1 Å². The summed E-state index contributed by atoms with van der Waals surface area (Å²) in [7, 11) is 0. The number of carbonyl (C=O) groups is 1. The van der Waals surface area contributed by atoms with Crippen molar-refractivity contribution in [1.29, 1.82) is 0 Å². The molecule has 0 fully saturated rings. The van der Waals surface area contributed by atoms with Crippen LogP contribution in [0.1, 0.15) is 56.6 Å². The average Bonchev–Trinajstić information content (AvgIpc) is 2.63. The number of aromatic nitrogens is 2. The number of hydrogen-bond donors (Lipinski definition) is 0. The predicted molar refractivity (Wildman–Crippen MR) is 101 cm³/mol. The van der Waals surface area contributed by atoms with Gasteiger partial charge in [0.25, 0.3) is 0 Å². The fourth-order valence-corrected chi connectivity index (χ4v) is 2.56. The van der Waals surface area contributed by atoms with Crippen LogP contribution in [0.15, 0.2) is 29.4 Å². The number of nitrogens with zero attached hydrogens (tertiary/aromatic N) is 2. The van der Waals surface area contributed by atoms with Crippen molar-refractivity contribution in [2.45, 2.75) is 45.7 Å². The molecule has 0 saturated carbocycles. The largest absolute Gasteiger partial charge is 0.462 e. The maximum Gasteiger partial charge on any atom is 0.342 e. The SMILES string of the molecule is CC.CCOC(=O)c1c(-c2ccc(F)cc2)nc(SC)nc1C(C)C. The number of carbonyl (C=O) groups excluding carboxylic acids is 1. The molecule has 0 aliphatic rings. The smallest absolute Gasteiger partial charge is 0.342 e. The molecule has 0 unspecified atom stereocenters. The van der Waals surface area contributed by atoms with Crippen molar-refractivity contribution in [3.05, 3.63) is 41.3 Å². The zero-order chi connectivity index (χ0) is 19.0. The van der Waals surface area contributed by atoms with Crippen LogP contribution in [0.2, 0.25) is 0 Å². The van der Waals surface area contributed by atoms with Gasteiger partial charge in [-0.15, -0.1) is 0 Å². The molecule has 0 aliphatic heterocycles. The number of rotatable bonds is 5. The summed E-state index contributed by atoms with van der Waals surface area (Å²) in [6.07, 6.45) is 1.87. The van der Waals surface area contributed by atoms with Crippen LogP contribution in [0, 0.1) is 5.82 Å². The van der Waals surface area contributed by atoms with Crippen molar-refractivity contribution in [2.24, 2.45) is 0 Å². The number of benzene rings is 1. The molecule has 0 N–H and O–H groups in total. The van der Waals surface area contributed by atoms with E-state index in [0.717, 1.165) is 0 Å². The second-order valence-corrected chi connectivity index (χ2v) is 5.97. The second-order valence-electron chi connectivity index (χ2n) is 5.20. The van der Waals surface area contributed by atoms with Gasteiger partial charge in [0.15, 0.2) is 5.16 Å². The third-order valence-corrected chi connectivity index (χ3v) is 3.79. The van der Waals surface area contributed by atoms with Crippen LogP contribution in [0.25, 0.3) is 11.3 Å². The van der Waals surface area contributed by atoms with Gasteiger partial charge in [0.2, 0.25) is 0 Å². The van der Waals surface area contributed by atoms with E-state index in [4.69, 9.17) is 4.74 Å². The first kappa shape index (κ1) is 21.1. The lowest BCUT2D eigenvalue weighted by Crippen LogP contribution is -2.15. The molecule has 1 heterocycles. The van der Waals surface area contributed by atoms with E-state index in [-0.39, 0.29) is 18.3 Å². The molecule has 0 spiro atoms. The zero-order valence-electron chi connectivity index (χ0n) is 15.6. The van der Waals surface area contributed by atoms with Crippen LogP contribution >= 0.6 is 11.8 Å². The van der Waals surface area contributed by atoms with Crippen molar-refractivity contribution in [3.63, 3.8) is 0 Å². The molecule has 6 heteroatoms. The molecule has 1 aromatic carbocycles. The summed E-state index contributed by atoms with van der Waals surface area (Å²) in [4.78, 5) is 21.4. The van der Waals surface area contributed by atoms with Gasteiger partial charge >= 0.3 is 5.97 Å². The third-order valence-electron chi connectivity index (χ3n) is 3.24. The van der Waals surface area contributed by atoms with Crippen LogP contribution in [0.3, 0.4) is 0 Å². The molecule has 25 heavy (non-hydrogen) atoms. The monoisotopic (exact) mass is 364 g/mol. The van der Waals surface area contributed by atoms with Crippen LogP contribution in [-0.2, 0) is 4.74 Å². The van der Waals surface area contributed by atoms with Crippen LogP contribution in [-0.4, -0.2) is 28.8 Å². The highest BCUT2D eigenvalue weighted by molar-refractivity contribution is 7.98. The number of thioether (sulfide) groups is 1. The summed E-state index contributed by atoms with van der Waals surface area (Å²) in [5, 5.41) is 0.570. The van der Waals surface area contributed by atoms with Crippen molar-refractivity contribution in [2.75, 3.05) is 12.9 Å². The maximum absolute atomic E-state index is 13.2. The first-order valence-corrected chi connectivity index (χ1v) is 9.59. The zero-order valence-corrected chi connectivity index (χ0v) is 16.4. The molecule has 0 saturated heterocycles. The summed E-state index contributed by atoms with van der Waals surface area (Å²) in [5.74, 6) is -0.764. The lowest BCUT2D eigenvalue weighted by Gasteiger charge is -2.16. The van der Waals surface area contributed by atoms with Crippen molar-refractivity contribution >= 4 is 17.7 Å². The molecule has 4 nitrogen and oxygen atoms in total. The average molecular weight is 364 g/mol. The summed E-state index contributed by atoms with van der Waals surface area (Å²) in [6, 6.07) is 5.91. The van der Waals surface area contributed by atoms with Gasteiger partial charge in [0.1, 0.15) is 11.4 Å². The van der Waals surface area contributed by atoms with E-state index >= 15 is 0 Å².